The molecule has 0 unspecified atom stereocenters. The average molecular weight is 312 g/mol. The zero-order chi connectivity index (χ0) is 16.2. The second-order valence-electron chi connectivity index (χ2n) is 4.49. The lowest BCUT2D eigenvalue weighted by atomic mass is 10.3. The Balaban J connectivity index is -0.0000000731. The molecule has 0 amide bonds. The van der Waals surface area contributed by atoms with Crippen LogP contribution in [0.15, 0.2) is 0 Å². The summed E-state index contributed by atoms with van der Waals surface area (Å²) in [4.78, 5) is 43.1. The molecule has 0 aromatic carbocycles. The van der Waals surface area contributed by atoms with Crippen LogP contribution in [0.25, 0.3) is 0 Å². The van der Waals surface area contributed by atoms with Gasteiger partial charge in [-0.15, -0.1) is 0 Å². The maximum absolute atomic E-state index is 8.88. The Labute approximate surface area is 108 Å². The predicted octanol–water partition coefficient (Wildman–Crippen LogP) is 1.47. The quantitative estimate of drug-likeness (QED) is 0.367. The molecule has 0 saturated heterocycles. The molecule has 18 heavy (non-hydrogen) atoms. The van der Waals surface area contributed by atoms with E-state index in [2.05, 4.69) is 41.5 Å². The van der Waals surface area contributed by atoms with E-state index in [1.165, 1.54) is 0 Å². The third kappa shape index (κ3) is 77600. The van der Waals surface area contributed by atoms with Crippen LogP contribution in [0, 0.1) is 11.8 Å². The van der Waals surface area contributed by atoms with E-state index in [0.717, 1.165) is 11.8 Å². The minimum Gasteiger partial charge on any atom is -0.303 e. The van der Waals surface area contributed by atoms with Gasteiger partial charge < -0.3 is 29.4 Å². The zero-order valence-corrected chi connectivity index (χ0v) is 13.3. The molecular formula is C8H26O8P2. The van der Waals surface area contributed by atoms with Crippen molar-refractivity contribution in [1.29, 1.82) is 0 Å². The molecule has 0 bridgehead atoms. The molecule has 0 heterocycles. The van der Waals surface area contributed by atoms with E-state index in [0.29, 0.717) is 0 Å². The summed E-state index contributed by atoms with van der Waals surface area (Å²) in [6, 6.07) is 0. The van der Waals surface area contributed by atoms with Crippen molar-refractivity contribution in [3.63, 3.8) is 0 Å². The van der Waals surface area contributed by atoms with E-state index >= 15 is 0 Å². The monoisotopic (exact) mass is 312 g/mol. The third-order valence-electron chi connectivity index (χ3n) is 0. The molecule has 0 radical (unpaired) electrons. The molecule has 116 valence electrons. The topological polar surface area (TPSA) is 156 Å². The highest BCUT2D eigenvalue weighted by Crippen LogP contribution is 2.26. The summed E-state index contributed by atoms with van der Waals surface area (Å²) in [5.74, 6) is 1.67. The van der Waals surface area contributed by atoms with Crippen molar-refractivity contribution in [2.45, 2.75) is 41.5 Å². The highest BCUT2D eigenvalue weighted by Gasteiger charge is 2.00. The minimum atomic E-state index is -4.64. The van der Waals surface area contributed by atoms with E-state index in [9.17, 15) is 0 Å². The van der Waals surface area contributed by atoms with Gasteiger partial charge in [0, 0.05) is 0 Å². The van der Waals surface area contributed by atoms with Crippen molar-refractivity contribution < 1.29 is 38.5 Å². The first-order valence-electron chi connectivity index (χ1n) is 5.03. The van der Waals surface area contributed by atoms with Gasteiger partial charge in [-0.1, -0.05) is 41.5 Å². The fraction of sp³-hybridized carbons (Fsp3) is 1.00. The lowest BCUT2D eigenvalue weighted by Crippen LogP contribution is -1.66. The Bertz CT molecular complexity index is 193. The standard InChI is InChI=1S/2C4H10.2H3O4P/c2*1-4(2)3;2*1-5(2,3)4/h2*4H,1-3H3;2*(H3,1,2,3,4). The molecular weight excluding hydrogens is 286 g/mol. The van der Waals surface area contributed by atoms with Gasteiger partial charge in [0.05, 0.1) is 0 Å². The van der Waals surface area contributed by atoms with Crippen LogP contribution in [-0.2, 0) is 9.13 Å². The second-order valence-corrected chi connectivity index (χ2v) is 6.54. The molecule has 0 saturated carbocycles. The molecule has 6 N–H and O–H groups in total. The first-order valence-corrected chi connectivity index (χ1v) is 8.16. The lowest BCUT2D eigenvalue weighted by Gasteiger charge is -1.82. The molecule has 0 aliphatic rings. The molecule has 0 aromatic heterocycles. The van der Waals surface area contributed by atoms with Gasteiger partial charge in [-0.25, -0.2) is 9.13 Å². The Morgan fingerprint density at radius 1 is 0.556 bits per heavy atom. The van der Waals surface area contributed by atoms with Gasteiger partial charge in [0.15, 0.2) is 0 Å². The van der Waals surface area contributed by atoms with Crippen molar-refractivity contribution >= 4 is 15.6 Å². The summed E-state index contributed by atoms with van der Waals surface area (Å²) in [5.41, 5.74) is 0. The Morgan fingerprint density at radius 2 is 0.556 bits per heavy atom. The average Bonchev–Trinajstić information content (AvgIpc) is 1.70. The number of hydrogen-bond donors (Lipinski definition) is 6. The summed E-state index contributed by atoms with van der Waals surface area (Å²) < 4.78 is 17.8. The van der Waals surface area contributed by atoms with E-state index in [4.69, 9.17) is 38.5 Å². The van der Waals surface area contributed by atoms with Crippen molar-refractivity contribution in [3.8, 4) is 0 Å². The first-order chi connectivity index (χ1) is 7.46. The fourth-order valence-electron chi connectivity index (χ4n) is 0. The van der Waals surface area contributed by atoms with Crippen LogP contribution < -0.4 is 0 Å². The van der Waals surface area contributed by atoms with Crippen LogP contribution in [0.3, 0.4) is 0 Å². The van der Waals surface area contributed by atoms with Crippen molar-refractivity contribution in [3.05, 3.63) is 0 Å². The first kappa shape index (κ1) is 26.7. The van der Waals surface area contributed by atoms with Crippen molar-refractivity contribution in [1.82, 2.24) is 0 Å². The Morgan fingerprint density at radius 3 is 0.556 bits per heavy atom. The second kappa shape index (κ2) is 13.6. The number of phosphoric acid groups is 2. The molecule has 0 aliphatic heterocycles. The van der Waals surface area contributed by atoms with Crippen LogP contribution in [0.1, 0.15) is 41.5 Å². The summed E-state index contributed by atoms with van der Waals surface area (Å²) in [7, 11) is -9.28. The summed E-state index contributed by atoms with van der Waals surface area (Å²) >= 11 is 0. The minimum absolute atomic E-state index is 0.833. The molecule has 0 spiro atoms. The van der Waals surface area contributed by atoms with Gasteiger partial charge in [0.2, 0.25) is 0 Å². The van der Waals surface area contributed by atoms with E-state index < -0.39 is 15.6 Å². The molecule has 0 aliphatic carbocycles. The largest absolute Gasteiger partial charge is 0.466 e. The maximum atomic E-state index is 8.88. The SMILES string of the molecule is CC(C)C.CC(C)C.O=P(O)(O)O.O=P(O)(O)O. The Kier molecular flexibility index (Phi) is 20.3. The van der Waals surface area contributed by atoms with Crippen molar-refractivity contribution in [2.24, 2.45) is 11.8 Å². The zero-order valence-electron chi connectivity index (χ0n) is 11.5. The summed E-state index contributed by atoms with van der Waals surface area (Å²) in [6.45, 7) is 13.0. The molecule has 0 atom stereocenters. The molecule has 8 nitrogen and oxygen atoms in total. The van der Waals surface area contributed by atoms with Crippen LogP contribution in [0.5, 0.6) is 0 Å². The van der Waals surface area contributed by atoms with Gasteiger partial charge in [-0.3, -0.25) is 0 Å². The summed E-state index contributed by atoms with van der Waals surface area (Å²) in [6.07, 6.45) is 0. The molecule has 0 fully saturated rings. The molecule has 0 aromatic rings. The highest BCUT2D eigenvalue weighted by molar-refractivity contribution is 7.45. The number of rotatable bonds is 0. The molecule has 10 heteroatoms. The normalized spacial score (nSPS) is 10.6. The van der Waals surface area contributed by atoms with Crippen molar-refractivity contribution in [2.75, 3.05) is 0 Å². The van der Waals surface area contributed by atoms with Gasteiger partial charge >= 0.3 is 15.6 Å². The van der Waals surface area contributed by atoms with E-state index in [-0.39, 0.29) is 0 Å². The van der Waals surface area contributed by atoms with Crippen LogP contribution in [-0.4, -0.2) is 29.4 Å². The fourth-order valence-corrected chi connectivity index (χ4v) is 0. The van der Waals surface area contributed by atoms with Gasteiger partial charge in [-0.05, 0) is 11.8 Å². The predicted molar refractivity (Wildman–Crippen MR) is 69.5 cm³/mol. The van der Waals surface area contributed by atoms with Gasteiger partial charge in [-0.2, -0.15) is 0 Å². The third-order valence-corrected chi connectivity index (χ3v) is 0. The highest BCUT2D eigenvalue weighted by atomic mass is 31.2. The van der Waals surface area contributed by atoms with E-state index in [1.807, 2.05) is 0 Å². The maximum Gasteiger partial charge on any atom is 0.466 e. The van der Waals surface area contributed by atoms with E-state index in [1.54, 1.807) is 0 Å². The lowest BCUT2D eigenvalue weighted by molar-refractivity contribution is 0.272. The summed E-state index contributed by atoms with van der Waals surface area (Å²) in [5, 5.41) is 0. The van der Waals surface area contributed by atoms with Crippen LogP contribution >= 0.6 is 15.6 Å². The Hall–Kier alpha value is 0.220. The number of hydrogen-bond acceptors (Lipinski definition) is 2. The van der Waals surface area contributed by atoms with Crippen LogP contribution in [0.4, 0.5) is 0 Å². The van der Waals surface area contributed by atoms with Gasteiger partial charge in [0.1, 0.15) is 0 Å². The van der Waals surface area contributed by atoms with Gasteiger partial charge in [0.25, 0.3) is 0 Å². The van der Waals surface area contributed by atoms with Crippen LogP contribution in [0.2, 0.25) is 0 Å². The smallest absolute Gasteiger partial charge is 0.303 e. The molecule has 0 rings (SSSR count).